The standard InChI is InChI=1S/C21H29N3O/c1-16-13-24(14-17(2)25-16)15-21-8-5-4-7-20(21)12-22-11-19-9-6-10-23-18(19)3/h4-10,16-17,22H,11-15H2,1-3H3/t16-,17-/m0/s1. The molecule has 0 radical (unpaired) electrons. The van der Waals surface area contributed by atoms with E-state index in [0.717, 1.165) is 38.4 Å². The number of benzene rings is 1. The van der Waals surface area contributed by atoms with Crippen molar-refractivity contribution in [3.05, 3.63) is 65.0 Å². The molecule has 0 bridgehead atoms. The van der Waals surface area contributed by atoms with Crippen LogP contribution in [0.25, 0.3) is 0 Å². The van der Waals surface area contributed by atoms with E-state index in [0.29, 0.717) is 12.2 Å². The first-order chi connectivity index (χ1) is 12.1. The maximum Gasteiger partial charge on any atom is 0.0678 e. The summed E-state index contributed by atoms with van der Waals surface area (Å²) in [4.78, 5) is 6.86. The lowest BCUT2D eigenvalue weighted by Gasteiger charge is -2.35. The van der Waals surface area contributed by atoms with Crippen molar-refractivity contribution in [2.45, 2.75) is 52.6 Å². The third-order valence-electron chi connectivity index (χ3n) is 4.75. The Morgan fingerprint density at radius 1 is 1.00 bits per heavy atom. The maximum absolute atomic E-state index is 5.85. The van der Waals surface area contributed by atoms with Gasteiger partial charge in [0.15, 0.2) is 0 Å². The Balaban J connectivity index is 1.60. The van der Waals surface area contributed by atoms with Gasteiger partial charge in [-0.2, -0.15) is 0 Å². The zero-order valence-electron chi connectivity index (χ0n) is 15.5. The average Bonchev–Trinajstić information content (AvgIpc) is 2.57. The first kappa shape index (κ1) is 18.1. The van der Waals surface area contributed by atoms with E-state index in [-0.39, 0.29) is 0 Å². The number of nitrogens with zero attached hydrogens (tertiary/aromatic N) is 2. The second-order valence-corrected chi connectivity index (χ2v) is 7.07. The van der Waals surface area contributed by atoms with Crippen LogP contribution in [0.15, 0.2) is 42.6 Å². The molecule has 1 saturated heterocycles. The van der Waals surface area contributed by atoms with Crippen LogP contribution in [0, 0.1) is 6.92 Å². The summed E-state index contributed by atoms with van der Waals surface area (Å²) >= 11 is 0. The highest BCUT2D eigenvalue weighted by molar-refractivity contribution is 5.27. The zero-order chi connectivity index (χ0) is 17.6. The van der Waals surface area contributed by atoms with Crippen LogP contribution >= 0.6 is 0 Å². The second kappa shape index (κ2) is 8.56. The van der Waals surface area contributed by atoms with Crippen molar-refractivity contribution >= 4 is 0 Å². The van der Waals surface area contributed by atoms with Crippen molar-refractivity contribution in [1.82, 2.24) is 15.2 Å². The molecule has 3 rings (SSSR count). The molecule has 1 N–H and O–H groups in total. The molecule has 4 nitrogen and oxygen atoms in total. The Labute approximate surface area is 151 Å². The summed E-state index contributed by atoms with van der Waals surface area (Å²) in [6.07, 6.45) is 2.46. The van der Waals surface area contributed by atoms with E-state index in [9.17, 15) is 0 Å². The molecule has 0 saturated carbocycles. The average molecular weight is 339 g/mol. The molecule has 4 heteroatoms. The van der Waals surface area contributed by atoms with E-state index in [1.165, 1.54) is 16.7 Å². The van der Waals surface area contributed by atoms with Crippen molar-refractivity contribution in [2.75, 3.05) is 13.1 Å². The first-order valence-corrected chi connectivity index (χ1v) is 9.17. The number of rotatable bonds is 6. The highest BCUT2D eigenvalue weighted by Gasteiger charge is 2.22. The van der Waals surface area contributed by atoms with E-state index < -0.39 is 0 Å². The number of ether oxygens (including phenoxy) is 1. The number of aryl methyl sites for hydroxylation is 1. The molecule has 1 aliphatic rings. The van der Waals surface area contributed by atoms with Crippen LogP contribution in [-0.4, -0.2) is 35.2 Å². The lowest BCUT2D eigenvalue weighted by molar-refractivity contribution is -0.0705. The molecular formula is C21H29N3O. The van der Waals surface area contributed by atoms with Crippen LogP contribution in [0.2, 0.25) is 0 Å². The topological polar surface area (TPSA) is 37.4 Å². The number of aromatic nitrogens is 1. The molecule has 1 fully saturated rings. The smallest absolute Gasteiger partial charge is 0.0678 e. The fourth-order valence-corrected chi connectivity index (χ4v) is 3.57. The van der Waals surface area contributed by atoms with Gasteiger partial charge in [-0.3, -0.25) is 9.88 Å². The highest BCUT2D eigenvalue weighted by Crippen LogP contribution is 2.17. The summed E-state index contributed by atoms with van der Waals surface area (Å²) in [5, 5.41) is 3.57. The van der Waals surface area contributed by atoms with Crippen molar-refractivity contribution < 1.29 is 4.74 Å². The van der Waals surface area contributed by atoms with Crippen LogP contribution in [0.1, 0.15) is 36.2 Å². The van der Waals surface area contributed by atoms with Crippen molar-refractivity contribution in [1.29, 1.82) is 0 Å². The van der Waals surface area contributed by atoms with Crippen LogP contribution < -0.4 is 5.32 Å². The maximum atomic E-state index is 5.85. The predicted molar refractivity (Wildman–Crippen MR) is 101 cm³/mol. The summed E-state index contributed by atoms with van der Waals surface area (Å²) in [5.41, 5.74) is 5.13. The molecule has 2 heterocycles. The summed E-state index contributed by atoms with van der Waals surface area (Å²) < 4.78 is 5.85. The van der Waals surface area contributed by atoms with Crippen LogP contribution in [-0.2, 0) is 24.4 Å². The number of morpholine rings is 1. The lowest BCUT2D eigenvalue weighted by atomic mass is 10.1. The molecule has 2 atom stereocenters. The Morgan fingerprint density at radius 2 is 1.64 bits per heavy atom. The van der Waals surface area contributed by atoms with Gasteiger partial charge in [-0.25, -0.2) is 0 Å². The molecule has 25 heavy (non-hydrogen) atoms. The summed E-state index contributed by atoms with van der Waals surface area (Å²) in [7, 11) is 0. The van der Waals surface area contributed by atoms with E-state index >= 15 is 0 Å². The van der Waals surface area contributed by atoms with Crippen LogP contribution in [0.3, 0.4) is 0 Å². The molecule has 0 unspecified atom stereocenters. The van der Waals surface area contributed by atoms with Gasteiger partial charge in [-0.15, -0.1) is 0 Å². The second-order valence-electron chi connectivity index (χ2n) is 7.07. The first-order valence-electron chi connectivity index (χ1n) is 9.17. The molecule has 1 aromatic heterocycles. The Kier molecular flexibility index (Phi) is 6.19. The van der Waals surface area contributed by atoms with Crippen molar-refractivity contribution in [2.24, 2.45) is 0 Å². The van der Waals surface area contributed by atoms with Gasteiger partial charge >= 0.3 is 0 Å². The normalized spacial score (nSPS) is 21.4. The summed E-state index contributed by atoms with van der Waals surface area (Å²) in [6, 6.07) is 12.9. The number of nitrogens with one attached hydrogen (secondary N) is 1. The number of hydrogen-bond acceptors (Lipinski definition) is 4. The van der Waals surface area contributed by atoms with Gasteiger partial charge in [0, 0.05) is 44.6 Å². The third-order valence-corrected chi connectivity index (χ3v) is 4.75. The minimum absolute atomic E-state index is 0.308. The molecule has 1 aliphatic heterocycles. The molecular weight excluding hydrogens is 310 g/mol. The SMILES string of the molecule is Cc1ncccc1CNCc1ccccc1CN1C[C@H](C)O[C@@H](C)C1. The fourth-order valence-electron chi connectivity index (χ4n) is 3.57. The summed E-state index contributed by atoms with van der Waals surface area (Å²) in [6.45, 7) is 11.1. The largest absolute Gasteiger partial charge is 0.373 e. The molecule has 0 amide bonds. The fraction of sp³-hybridized carbons (Fsp3) is 0.476. The molecule has 1 aromatic carbocycles. The van der Waals surface area contributed by atoms with Gasteiger partial charge in [0.1, 0.15) is 0 Å². The quantitative estimate of drug-likeness (QED) is 0.876. The third kappa shape index (κ3) is 5.11. The van der Waals surface area contributed by atoms with Crippen LogP contribution in [0.5, 0.6) is 0 Å². The van der Waals surface area contributed by atoms with Gasteiger partial charge < -0.3 is 10.1 Å². The Hall–Kier alpha value is -1.75. The van der Waals surface area contributed by atoms with Gasteiger partial charge in [0.2, 0.25) is 0 Å². The van der Waals surface area contributed by atoms with E-state index in [1.54, 1.807) is 0 Å². The molecule has 0 aliphatic carbocycles. The van der Waals surface area contributed by atoms with Crippen LogP contribution in [0.4, 0.5) is 0 Å². The van der Waals surface area contributed by atoms with E-state index in [4.69, 9.17) is 4.74 Å². The van der Waals surface area contributed by atoms with E-state index in [2.05, 4.69) is 66.3 Å². The highest BCUT2D eigenvalue weighted by atomic mass is 16.5. The van der Waals surface area contributed by atoms with Gasteiger partial charge in [-0.05, 0) is 43.5 Å². The van der Waals surface area contributed by atoms with Crippen molar-refractivity contribution in [3.63, 3.8) is 0 Å². The summed E-state index contributed by atoms with van der Waals surface area (Å²) in [5.74, 6) is 0. The van der Waals surface area contributed by atoms with Gasteiger partial charge in [0.25, 0.3) is 0 Å². The number of hydrogen-bond donors (Lipinski definition) is 1. The minimum atomic E-state index is 0.308. The van der Waals surface area contributed by atoms with E-state index in [1.807, 2.05) is 12.3 Å². The van der Waals surface area contributed by atoms with Gasteiger partial charge in [-0.1, -0.05) is 30.3 Å². The molecule has 2 aromatic rings. The predicted octanol–water partition coefficient (Wildman–Crippen LogP) is 3.29. The zero-order valence-corrected chi connectivity index (χ0v) is 15.5. The minimum Gasteiger partial charge on any atom is -0.373 e. The van der Waals surface area contributed by atoms with Crippen molar-refractivity contribution in [3.8, 4) is 0 Å². The Morgan fingerprint density at radius 3 is 2.36 bits per heavy atom. The molecule has 134 valence electrons. The molecule has 0 spiro atoms. The lowest BCUT2D eigenvalue weighted by Crippen LogP contribution is -2.45. The Bertz CT molecular complexity index is 678. The monoisotopic (exact) mass is 339 g/mol. The number of pyridine rings is 1. The van der Waals surface area contributed by atoms with Gasteiger partial charge in [0.05, 0.1) is 12.2 Å².